The molecule has 27 heavy (non-hydrogen) atoms. The highest BCUT2D eigenvalue weighted by Crippen LogP contribution is 2.30. The number of allylic oxidation sites excluding steroid dienone is 1. The first-order valence-electron chi connectivity index (χ1n) is 10.5. The third-order valence-corrected chi connectivity index (χ3v) is 4.83. The molecule has 0 atom stereocenters. The second-order valence-corrected chi connectivity index (χ2v) is 7.87. The van der Waals surface area contributed by atoms with Crippen LogP contribution in [0.25, 0.3) is 5.57 Å². The van der Waals surface area contributed by atoms with Gasteiger partial charge < -0.3 is 9.47 Å². The van der Waals surface area contributed by atoms with E-state index in [0.717, 1.165) is 13.0 Å². The fraction of sp³-hybridized carbons (Fsp3) is 0.762. The summed E-state index contributed by atoms with van der Waals surface area (Å²) in [5.41, 5.74) is 0.878. The molecule has 0 spiro atoms. The molecule has 0 saturated heterocycles. The van der Waals surface area contributed by atoms with Gasteiger partial charge in [0.1, 0.15) is 17.0 Å². The second-order valence-electron chi connectivity index (χ2n) is 7.87. The molecule has 0 unspecified atom stereocenters. The molecular weight excluding hydrogens is 342 g/mol. The van der Waals surface area contributed by atoms with Crippen molar-refractivity contribution in [3.63, 3.8) is 0 Å². The summed E-state index contributed by atoms with van der Waals surface area (Å²) < 4.78 is 12.7. The van der Waals surface area contributed by atoms with Crippen LogP contribution >= 0.6 is 0 Å². The zero-order valence-corrected chi connectivity index (χ0v) is 17.4. The Kier molecular flexibility index (Phi) is 8.32. The average molecular weight is 378 g/mol. The third-order valence-electron chi connectivity index (χ3n) is 4.83. The van der Waals surface area contributed by atoms with E-state index < -0.39 is 11.8 Å². The largest absolute Gasteiger partial charge is 0.456 e. The molecular formula is C21H35N3O3. The maximum atomic E-state index is 12.2. The first-order valence-corrected chi connectivity index (χ1v) is 10.5. The zero-order valence-electron chi connectivity index (χ0n) is 17.4. The van der Waals surface area contributed by atoms with Gasteiger partial charge >= 0.3 is 5.97 Å². The van der Waals surface area contributed by atoms with Crippen LogP contribution in [-0.2, 0) is 20.8 Å². The lowest BCUT2D eigenvalue weighted by atomic mass is 10.1. The molecule has 2 heterocycles. The Balaban J connectivity index is 1.69. The number of cyclic esters (lactones) is 1. The van der Waals surface area contributed by atoms with Crippen molar-refractivity contribution in [2.24, 2.45) is 0 Å². The predicted molar refractivity (Wildman–Crippen MR) is 106 cm³/mol. The molecule has 1 aliphatic rings. The number of esters is 1. The van der Waals surface area contributed by atoms with Crippen molar-refractivity contribution in [2.45, 2.75) is 104 Å². The van der Waals surface area contributed by atoms with E-state index in [0.29, 0.717) is 17.0 Å². The van der Waals surface area contributed by atoms with Crippen LogP contribution in [0, 0.1) is 0 Å². The summed E-state index contributed by atoms with van der Waals surface area (Å²) in [6.07, 6.45) is 14.8. The van der Waals surface area contributed by atoms with E-state index in [9.17, 15) is 4.79 Å². The van der Waals surface area contributed by atoms with Gasteiger partial charge in [0.25, 0.3) is 0 Å². The molecule has 1 aromatic rings. The van der Waals surface area contributed by atoms with Crippen molar-refractivity contribution in [3.8, 4) is 0 Å². The standard InChI is InChI=1S/C21H35N3O3/c1-5-6-7-8-9-10-11-12-13-14-15-24-16-18(22-23-24)19-17(2)26-21(3,4)27-20(19)25/h16H,5-15H2,1-4H3. The molecule has 0 N–H and O–H groups in total. The van der Waals surface area contributed by atoms with Crippen LogP contribution in [-0.4, -0.2) is 26.8 Å². The summed E-state index contributed by atoms with van der Waals surface area (Å²) in [5, 5.41) is 8.27. The summed E-state index contributed by atoms with van der Waals surface area (Å²) in [6, 6.07) is 0. The lowest BCUT2D eigenvalue weighted by Crippen LogP contribution is -2.35. The fourth-order valence-corrected chi connectivity index (χ4v) is 3.43. The van der Waals surface area contributed by atoms with Crippen molar-refractivity contribution < 1.29 is 14.3 Å². The SMILES string of the molecule is CCCCCCCCCCCCn1cc(C2=C(C)OC(C)(C)OC2=O)nn1. The van der Waals surface area contributed by atoms with Crippen molar-refractivity contribution in [2.75, 3.05) is 0 Å². The van der Waals surface area contributed by atoms with Crippen LogP contribution in [0.4, 0.5) is 0 Å². The number of ether oxygens (including phenoxy) is 2. The van der Waals surface area contributed by atoms with Crippen LogP contribution in [0.5, 0.6) is 0 Å². The van der Waals surface area contributed by atoms with E-state index in [1.54, 1.807) is 31.6 Å². The first kappa shape index (κ1) is 21.5. The van der Waals surface area contributed by atoms with Crippen molar-refractivity contribution in [1.82, 2.24) is 15.0 Å². The van der Waals surface area contributed by atoms with Gasteiger partial charge in [0, 0.05) is 20.4 Å². The Bertz CT molecular complexity index is 634. The smallest absolute Gasteiger partial charge is 0.347 e. The number of unbranched alkanes of at least 4 members (excludes halogenated alkanes) is 9. The Labute approximate surface area is 163 Å². The molecule has 6 nitrogen and oxygen atoms in total. The molecule has 1 aliphatic heterocycles. The molecule has 6 heteroatoms. The van der Waals surface area contributed by atoms with Gasteiger partial charge in [-0.15, -0.1) is 5.10 Å². The van der Waals surface area contributed by atoms with Crippen molar-refractivity contribution in [3.05, 3.63) is 17.6 Å². The highest BCUT2D eigenvalue weighted by molar-refractivity contribution is 6.16. The molecule has 1 aromatic heterocycles. The Morgan fingerprint density at radius 3 is 2.15 bits per heavy atom. The fourth-order valence-electron chi connectivity index (χ4n) is 3.43. The quantitative estimate of drug-likeness (QED) is 0.368. The highest BCUT2D eigenvalue weighted by atomic mass is 16.7. The lowest BCUT2D eigenvalue weighted by molar-refractivity contribution is -0.202. The molecule has 2 rings (SSSR count). The van der Waals surface area contributed by atoms with Gasteiger partial charge in [-0.1, -0.05) is 69.9 Å². The number of nitrogens with zero attached hydrogens (tertiary/aromatic N) is 3. The van der Waals surface area contributed by atoms with Gasteiger partial charge in [0.2, 0.25) is 5.79 Å². The number of aromatic nitrogens is 3. The van der Waals surface area contributed by atoms with E-state index in [1.165, 1.54) is 57.8 Å². The van der Waals surface area contributed by atoms with Crippen molar-refractivity contribution >= 4 is 11.5 Å². The van der Waals surface area contributed by atoms with Crippen molar-refractivity contribution in [1.29, 1.82) is 0 Å². The third kappa shape index (κ3) is 7.00. The molecule has 0 saturated carbocycles. The highest BCUT2D eigenvalue weighted by Gasteiger charge is 2.35. The van der Waals surface area contributed by atoms with Gasteiger partial charge in [-0.2, -0.15) is 0 Å². The lowest BCUT2D eigenvalue weighted by Gasteiger charge is -2.31. The summed E-state index contributed by atoms with van der Waals surface area (Å²) in [6.45, 7) is 8.27. The van der Waals surface area contributed by atoms with Crippen LogP contribution in [0.15, 0.2) is 12.0 Å². The minimum Gasteiger partial charge on any atom is -0.456 e. The number of hydrogen-bond donors (Lipinski definition) is 0. The average Bonchev–Trinajstić information content (AvgIpc) is 3.03. The number of aryl methyl sites for hydroxylation is 1. The first-order chi connectivity index (χ1) is 12.9. The Morgan fingerprint density at radius 1 is 0.963 bits per heavy atom. The second kappa shape index (κ2) is 10.5. The van der Waals surface area contributed by atoms with E-state index in [4.69, 9.17) is 9.47 Å². The minimum atomic E-state index is -0.934. The van der Waals surface area contributed by atoms with Gasteiger partial charge in [0.15, 0.2) is 0 Å². The molecule has 0 fully saturated rings. The summed E-state index contributed by atoms with van der Waals surface area (Å²) in [7, 11) is 0. The van der Waals surface area contributed by atoms with Gasteiger partial charge in [-0.25, -0.2) is 4.79 Å². The molecule has 152 valence electrons. The van der Waals surface area contributed by atoms with Gasteiger partial charge in [-0.3, -0.25) is 4.68 Å². The number of carbonyl (C=O) groups excluding carboxylic acids is 1. The maximum Gasteiger partial charge on any atom is 0.347 e. The zero-order chi connectivity index (χ0) is 19.7. The van der Waals surface area contributed by atoms with Crippen LogP contribution < -0.4 is 0 Å². The van der Waals surface area contributed by atoms with Gasteiger partial charge in [0.05, 0.1) is 6.20 Å². The Morgan fingerprint density at radius 2 is 1.56 bits per heavy atom. The summed E-state index contributed by atoms with van der Waals surface area (Å²) in [4.78, 5) is 12.2. The molecule has 0 amide bonds. The van der Waals surface area contributed by atoms with E-state index in [1.807, 2.05) is 0 Å². The number of hydrogen-bond acceptors (Lipinski definition) is 5. The molecule has 0 aromatic carbocycles. The van der Waals surface area contributed by atoms with E-state index >= 15 is 0 Å². The molecule has 0 aliphatic carbocycles. The van der Waals surface area contributed by atoms with Gasteiger partial charge in [-0.05, 0) is 13.3 Å². The molecule has 0 bridgehead atoms. The summed E-state index contributed by atoms with van der Waals surface area (Å²) in [5.74, 6) is -0.812. The monoisotopic (exact) mass is 377 g/mol. The van der Waals surface area contributed by atoms with Crippen LogP contribution in [0.1, 0.15) is 97.6 Å². The summed E-state index contributed by atoms with van der Waals surface area (Å²) >= 11 is 0. The van der Waals surface area contributed by atoms with E-state index in [2.05, 4.69) is 17.2 Å². The number of rotatable bonds is 12. The topological polar surface area (TPSA) is 66.2 Å². The predicted octanol–water partition coefficient (Wildman–Crippen LogP) is 5.24. The normalized spacial score (nSPS) is 16.4. The number of carbonyl (C=O) groups is 1. The maximum absolute atomic E-state index is 12.2. The van der Waals surface area contributed by atoms with E-state index in [-0.39, 0.29) is 0 Å². The minimum absolute atomic E-state index is 0.364. The molecule has 0 radical (unpaired) electrons. The van der Waals surface area contributed by atoms with Crippen LogP contribution in [0.2, 0.25) is 0 Å². The Hall–Kier alpha value is -1.85. The van der Waals surface area contributed by atoms with Crippen LogP contribution in [0.3, 0.4) is 0 Å².